The molecule has 5 nitrogen and oxygen atoms in total. The molecule has 0 N–H and O–H groups in total. The number of ether oxygens (including phenoxy) is 1. The molecule has 3 rings (SSSR count). The van der Waals surface area contributed by atoms with Gasteiger partial charge in [0, 0.05) is 33.1 Å². The van der Waals surface area contributed by atoms with Crippen molar-refractivity contribution in [2.45, 2.75) is 39.3 Å². The Labute approximate surface area is 173 Å². The SMILES string of the molecule is CC(=O)OC(C)(C)C(=O)N1CCN(C(c2ccccc2)c2ccc(C)cc2)CC1. The Bertz CT molecular complexity index is 838. The lowest BCUT2D eigenvalue weighted by atomic mass is 9.95. The van der Waals surface area contributed by atoms with Gasteiger partial charge in [-0.1, -0.05) is 60.2 Å². The van der Waals surface area contributed by atoms with Gasteiger partial charge in [-0.25, -0.2) is 0 Å². The van der Waals surface area contributed by atoms with E-state index in [9.17, 15) is 9.59 Å². The molecule has 1 atom stereocenters. The first kappa shape index (κ1) is 21.1. The lowest BCUT2D eigenvalue weighted by Gasteiger charge is -2.41. The molecule has 2 aromatic rings. The Balaban J connectivity index is 1.76. The highest BCUT2D eigenvalue weighted by Crippen LogP contribution is 2.30. The van der Waals surface area contributed by atoms with Gasteiger partial charge in [0.2, 0.25) is 0 Å². The molecule has 0 bridgehead atoms. The number of carbonyl (C=O) groups is 2. The van der Waals surface area contributed by atoms with Crippen LogP contribution in [0.3, 0.4) is 0 Å². The van der Waals surface area contributed by atoms with Crippen LogP contribution in [0.5, 0.6) is 0 Å². The molecule has 0 aromatic heterocycles. The Morgan fingerprint density at radius 1 is 0.897 bits per heavy atom. The van der Waals surface area contributed by atoms with Crippen molar-refractivity contribution in [3.63, 3.8) is 0 Å². The lowest BCUT2D eigenvalue weighted by Crippen LogP contribution is -2.55. The van der Waals surface area contributed by atoms with E-state index in [1.165, 1.54) is 23.6 Å². The van der Waals surface area contributed by atoms with Crippen molar-refractivity contribution in [2.75, 3.05) is 26.2 Å². The van der Waals surface area contributed by atoms with E-state index < -0.39 is 11.6 Å². The molecule has 29 heavy (non-hydrogen) atoms. The molecule has 2 aromatic carbocycles. The third-order valence-electron chi connectivity index (χ3n) is 5.39. The summed E-state index contributed by atoms with van der Waals surface area (Å²) in [6.45, 7) is 9.47. The molecule has 0 aliphatic carbocycles. The maximum atomic E-state index is 12.8. The Morgan fingerprint density at radius 3 is 2.00 bits per heavy atom. The second-order valence-electron chi connectivity index (χ2n) is 8.16. The predicted octanol–water partition coefficient (Wildman–Crippen LogP) is 3.57. The molecule has 1 heterocycles. The maximum Gasteiger partial charge on any atom is 0.303 e. The number of carbonyl (C=O) groups excluding carboxylic acids is 2. The monoisotopic (exact) mass is 394 g/mol. The van der Waals surface area contributed by atoms with Gasteiger partial charge in [-0.15, -0.1) is 0 Å². The minimum atomic E-state index is -1.14. The number of benzene rings is 2. The smallest absolute Gasteiger partial charge is 0.303 e. The third-order valence-corrected chi connectivity index (χ3v) is 5.39. The second kappa shape index (κ2) is 8.78. The van der Waals surface area contributed by atoms with Gasteiger partial charge < -0.3 is 9.64 Å². The van der Waals surface area contributed by atoms with Crippen molar-refractivity contribution in [3.8, 4) is 0 Å². The molecule has 1 unspecified atom stereocenters. The molecule has 1 aliphatic rings. The van der Waals surface area contributed by atoms with Gasteiger partial charge in [0.15, 0.2) is 5.60 Å². The summed E-state index contributed by atoms with van der Waals surface area (Å²) in [7, 11) is 0. The average molecular weight is 395 g/mol. The van der Waals surface area contributed by atoms with Crippen molar-refractivity contribution in [1.29, 1.82) is 0 Å². The van der Waals surface area contributed by atoms with Crippen LogP contribution in [0.4, 0.5) is 0 Å². The second-order valence-corrected chi connectivity index (χ2v) is 8.16. The van der Waals surface area contributed by atoms with Crippen LogP contribution in [0.2, 0.25) is 0 Å². The number of piperazine rings is 1. The van der Waals surface area contributed by atoms with E-state index in [2.05, 4.69) is 60.4 Å². The van der Waals surface area contributed by atoms with Gasteiger partial charge in [-0.3, -0.25) is 14.5 Å². The van der Waals surface area contributed by atoms with Gasteiger partial charge >= 0.3 is 5.97 Å². The van der Waals surface area contributed by atoms with Crippen LogP contribution >= 0.6 is 0 Å². The van der Waals surface area contributed by atoms with E-state index >= 15 is 0 Å². The Morgan fingerprint density at radius 2 is 1.45 bits per heavy atom. The third kappa shape index (κ3) is 5.04. The number of amides is 1. The topological polar surface area (TPSA) is 49.9 Å². The van der Waals surface area contributed by atoms with Gasteiger partial charge in [0.05, 0.1) is 6.04 Å². The van der Waals surface area contributed by atoms with E-state index in [1.807, 2.05) is 6.07 Å². The highest BCUT2D eigenvalue weighted by Gasteiger charge is 2.37. The van der Waals surface area contributed by atoms with Crippen LogP contribution in [0, 0.1) is 6.92 Å². The van der Waals surface area contributed by atoms with Crippen molar-refractivity contribution in [1.82, 2.24) is 9.80 Å². The van der Waals surface area contributed by atoms with E-state index in [1.54, 1.807) is 18.7 Å². The molecule has 0 radical (unpaired) electrons. The first-order valence-electron chi connectivity index (χ1n) is 10.1. The first-order chi connectivity index (χ1) is 13.8. The van der Waals surface area contributed by atoms with Crippen LogP contribution in [-0.2, 0) is 14.3 Å². The molecular weight excluding hydrogens is 364 g/mol. The normalized spacial score (nSPS) is 16.3. The van der Waals surface area contributed by atoms with Crippen molar-refractivity contribution < 1.29 is 14.3 Å². The summed E-state index contributed by atoms with van der Waals surface area (Å²) >= 11 is 0. The highest BCUT2D eigenvalue weighted by atomic mass is 16.6. The maximum absolute atomic E-state index is 12.8. The standard InChI is InChI=1S/C24H30N2O3/c1-18-10-12-21(13-11-18)22(20-8-6-5-7-9-20)25-14-16-26(17-15-25)23(28)24(3,4)29-19(2)27/h5-13,22H,14-17H2,1-4H3. The van der Waals surface area contributed by atoms with Crippen molar-refractivity contribution >= 4 is 11.9 Å². The van der Waals surface area contributed by atoms with Gasteiger partial charge in [0.1, 0.15) is 0 Å². The Hall–Kier alpha value is -2.66. The van der Waals surface area contributed by atoms with E-state index in [-0.39, 0.29) is 11.9 Å². The number of aryl methyl sites for hydroxylation is 1. The van der Waals surface area contributed by atoms with Gasteiger partial charge in [-0.2, -0.15) is 0 Å². The van der Waals surface area contributed by atoms with Crippen molar-refractivity contribution in [3.05, 3.63) is 71.3 Å². The summed E-state index contributed by atoms with van der Waals surface area (Å²) in [6, 6.07) is 19.3. The summed E-state index contributed by atoms with van der Waals surface area (Å²) < 4.78 is 5.23. The number of nitrogens with zero attached hydrogens (tertiary/aromatic N) is 2. The fourth-order valence-corrected chi connectivity index (χ4v) is 3.97. The average Bonchev–Trinajstić information content (AvgIpc) is 2.69. The van der Waals surface area contributed by atoms with E-state index in [4.69, 9.17) is 4.74 Å². The van der Waals surface area contributed by atoms with Crippen molar-refractivity contribution in [2.24, 2.45) is 0 Å². The number of rotatable bonds is 5. The minimum absolute atomic E-state index is 0.140. The minimum Gasteiger partial charge on any atom is -0.450 e. The van der Waals surface area contributed by atoms with E-state index in [0.29, 0.717) is 13.1 Å². The summed E-state index contributed by atoms with van der Waals surface area (Å²) in [5, 5.41) is 0. The fraction of sp³-hybridized carbons (Fsp3) is 0.417. The lowest BCUT2D eigenvalue weighted by molar-refractivity contribution is -0.169. The zero-order valence-corrected chi connectivity index (χ0v) is 17.7. The van der Waals surface area contributed by atoms with E-state index in [0.717, 1.165) is 13.1 Å². The molecule has 1 saturated heterocycles. The zero-order chi connectivity index (χ0) is 21.0. The molecule has 1 fully saturated rings. The zero-order valence-electron chi connectivity index (χ0n) is 17.7. The quantitative estimate of drug-likeness (QED) is 0.728. The summed E-state index contributed by atoms with van der Waals surface area (Å²) in [5.41, 5.74) is 2.60. The molecular formula is C24H30N2O3. The molecule has 0 spiro atoms. The highest BCUT2D eigenvalue weighted by molar-refractivity contribution is 5.86. The number of hydrogen-bond acceptors (Lipinski definition) is 4. The molecule has 154 valence electrons. The van der Waals surface area contributed by atoms with Crippen LogP contribution in [0.25, 0.3) is 0 Å². The first-order valence-corrected chi connectivity index (χ1v) is 10.1. The molecule has 5 heteroatoms. The number of hydrogen-bond donors (Lipinski definition) is 0. The van der Waals surface area contributed by atoms with Gasteiger partial charge in [0.25, 0.3) is 5.91 Å². The largest absolute Gasteiger partial charge is 0.450 e. The van der Waals surface area contributed by atoms with Crippen LogP contribution in [0.1, 0.15) is 43.5 Å². The fourth-order valence-electron chi connectivity index (χ4n) is 3.97. The van der Waals surface area contributed by atoms with Gasteiger partial charge in [-0.05, 0) is 31.9 Å². The summed E-state index contributed by atoms with van der Waals surface area (Å²) in [4.78, 5) is 28.4. The summed E-state index contributed by atoms with van der Waals surface area (Å²) in [5.74, 6) is -0.579. The predicted molar refractivity (Wildman–Crippen MR) is 113 cm³/mol. The number of esters is 1. The van der Waals surface area contributed by atoms with Crippen LogP contribution in [0.15, 0.2) is 54.6 Å². The van der Waals surface area contributed by atoms with Crippen LogP contribution in [-0.4, -0.2) is 53.5 Å². The molecule has 1 aliphatic heterocycles. The van der Waals surface area contributed by atoms with Crippen LogP contribution < -0.4 is 0 Å². The molecule has 1 amide bonds. The summed E-state index contributed by atoms with van der Waals surface area (Å²) in [6.07, 6.45) is 0. The Kier molecular flexibility index (Phi) is 6.38. The molecule has 0 saturated carbocycles.